The zero-order chi connectivity index (χ0) is 8.31. The highest BCUT2D eigenvalue weighted by atomic mass is 16.4. The van der Waals surface area contributed by atoms with Crippen molar-refractivity contribution in [1.29, 1.82) is 0 Å². The average molecular weight is 144 g/mol. The fourth-order valence-electron chi connectivity index (χ4n) is 0.566. The molecule has 0 aromatic carbocycles. The second-order valence-electron chi connectivity index (χ2n) is 2.53. The molecule has 3 nitrogen and oxygen atoms in total. The van der Waals surface area contributed by atoms with Gasteiger partial charge in [0.15, 0.2) is 0 Å². The number of Topliss-reactive ketones (excluding diaryl/α,β-unsaturated/α-hetero) is 1. The zero-order valence-corrected chi connectivity index (χ0v) is 6.42. The molecule has 3 heteroatoms. The molecule has 0 fully saturated rings. The Morgan fingerprint density at radius 2 is 1.60 bits per heavy atom. The Morgan fingerprint density at radius 3 is 1.70 bits per heavy atom. The number of carbonyl (C=O) groups excluding carboxylic acids is 1. The Labute approximate surface area is 60.0 Å². The summed E-state index contributed by atoms with van der Waals surface area (Å²) in [4.78, 5) is 20.9. The summed E-state index contributed by atoms with van der Waals surface area (Å²) in [5.74, 6) is -1.94. The third-order valence-corrected chi connectivity index (χ3v) is 1.78. The van der Waals surface area contributed by atoms with Gasteiger partial charge in [-0.2, -0.15) is 0 Å². The quantitative estimate of drug-likeness (QED) is 0.641. The van der Waals surface area contributed by atoms with Crippen LogP contribution in [-0.4, -0.2) is 16.9 Å². The molecule has 0 rings (SSSR count). The molecular formula is C7H12O3. The Kier molecular flexibility index (Phi) is 3.06. The molecule has 0 saturated carbocycles. The molecule has 0 unspecified atom stereocenters. The van der Waals surface area contributed by atoms with E-state index in [1.165, 1.54) is 13.8 Å². The first-order valence-electron chi connectivity index (χ1n) is 3.20. The van der Waals surface area contributed by atoms with Crippen molar-refractivity contribution in [3.8, 4) is 0 Å². The number of hydrogen-bond donors (Lipinski definition) is 1. The number of hydrogen-bond acceptors (Lipinski definition) is 2. The molecule has 0 aliphatic rings. The van der Waals surface area contributed by atoms with Gasteiger partial charge in [0.2, 0.25) is 0 Å². The monoisotopic (exact) mass is 144 g/mol. The van der Waals surface area contributed by atoms with E-state index in [1.54, 1.807) is 6.92 Å². The molecule has 0 amide bonds. The van der Waals surface area contributed by atoms with E-state index in [0.29, 0.717) is 0 Å². The van der Waals surface area contributed by atoms with Crippen LogP contribution < -0.4 is 0 Å². The fourth-order valence-corrected chi connectivity index (χ4v) is 0.566. The standard InChI is InChI=1S/C7H12O3/c1-4(6(3)8)5(2)7(9)10/h4-5H,1-3H3,(H,9,10)/t4-,5+/m1/s1. The van der Waals surface area contributed by atoms with Crippen LogP contribution in [0.3, 0.4) is 0 Å². The van der Waals surface area contributed by atoms with Crippen molar-refractivity contribution in [3.05, 3.63) is 0 Å². The number of carboxylic acid groups (broad SMARTS) is 1. The average Bonchev–Trinajstić information content (AvgIpc) is 1.84. The Bertz CT molecular complexity index is 133. The maximum absolute atomic E-state index is 10.6. The number of ketones is 1. The van der Waals surface area contributed by atoms with E-state index in [2.05, 4.69) is 0 Å². The Hall–Kier alpha value is -0.860. The molecule has 0 saturated heterocycles. The van der Waals surface area contributed by atoms with Crippen LogP contribution in [0.15, 0.2) is 0 Å². The highest BCUT2D eigenvalue weighted by Gasteiger charge is 2.22. The Balaban J connectivity index is 4.07. The summed E-state index contributed by atoms with van der Waals surface area (Å²) in [7, 11) is 0. The number of carbonyl (C=O) groups is 2. The molecular weight excluding hydrogens is 132 g/mol. The van der Waals surface area contributed by atoms with Gasteiger partial charge in [-0.25, -0.2) is 0 Å². The van der Waals surface area contributed by atoms with Crippen LogP contribution in [0.1, 0.15) is 20.8 Å². The lowest BCUT2D eigenvalue weighted by molar-refractivity contribution is -0.145. The second-order valence-corrected chi connectivity index (χ2v) is 2.53. The number of carboxylic acids is 1. The normalized spacial score (nSPS) is 15.9. The summed E-state index contributed by atoms with van der Waals surface area (Å²) in [5, 5.41) is 8.45. The summed E-state index contributed by atoms with van der Waals surface area (Å²) in [6.07, 6.45) is 0. The van der Waals surface area contributed by atoms with E-state index >= 15 is 0 Å². The van der Waals surface area contributed by atoms with Crippen LogP contribution in [0.2, 0.25) is 0 Å². The third kappa shape index (κ3) is 2.17. The lowest BCUT2D eigenvalue weighted by Crippen LogP contribution is -2.23. The topological polar surface area (TPSA) is 54.4 Å². The highest BCUT2D eigenvalue weighted by Crippen LogP contribution is 2.11. The maximum Gasteiger partial charge on any atom is 0.306 e. The third-order valence-electron chi connectivity index (χ3n) is 1.78. The molecule has 0 aromatic rings. The van der Waals surface area contributed by atoms with E-state index in [9.17, 15) is 9.59 Å². The predicted molar refractivity (Wildman–Crippen MR) is 36.6 cm³/mol. The molecule has 0 heterocycles. The second kappa shape index (κ2) is 3.34. The summed E-state index contributed by atoms with van der Waals surface area (Å²) < 4.78 is 0. The van der Waals surface area contributed by atoms with E-state index in [1.807, 2.05) is 0 Å². The van der Waals surface area contributed by atoms with Gasteiger partial charge in [0.05, 0.1) is 5.92 Å². The minimum absolute atomic E-state index is 0.0742. The molecule has 10 heavy (non-hydrogen) atoms. The summed E-state index contributed by atoms with van der Waals surface area (Å²) in [6.45, 7) is 4.57. The van der Waals surface area contributed by atoms with Crippen LogP contribution in [0, 0.1) is 11.8 Å². The largest absolute Gasteiger partial charge is 0.481 e. The lowest BCUT2D eigenvalue weighted by Gasteiger charge is -2.10. The van der Waals surface area contributed by atoms with E-state index in [0.717, 1.165) is 0 Å². The van der Waals surface area contributed by atoms with E-state index < -0.39 is 11.9 Å². The minimum atomic E-state index is -0.914. The minimum Gasteiger partial charge on any atom is -0.481 e. The van der Waals surface area contributed by atoms with Crippen LogP contribution >= 0.6 is 0 Å². The molecule has 0 aromatic heterocycles. The van der Waals surface area contributed by atoms with Gasteiger partial charge in [-0.15, -0.1) is 0 Å². The van der Waals surface area contributed by atoms with Crippen LogP contribution in [-0.2, 0) is 9.59 Å². The Morgan fingerprint density at radius 1 is 1.20 bits per heavy atom. The fraction of sp³-hybridized carbons (Fsp3) is 0.714. The van der Waals surface area contributed by atoms with Gasteiger partial charge < -0.3 is 5.11 Å². The summed E-state index contributed by atoms with van der Waals surface area (Å²) >= 11 is 0. The van der Waals surface area contributed by atoms with Crippen molar-refractivity contribution in [1.82, 2.24) is 0 Å². The predicted octanol–water partition coefficient (Wildman–Crippen LogP) is 0.932. The molecule has 1 N–H and O–H groups in total. The summed E-state index contributed by atoms with van der Waals surface area (Å²) in [5.41, 5.74) is 0. The van der Waals surface area contributed by atoms with Gasteiger partial charge >= 0.3 is 5.97 Å². The van der Waals surface area contributed by atoms with E-state index in [-0.39, 0.29) is 11.7 Å². The van der Waals surface area contributed by atoms with Gasteiger partial charge in [-0.1, -0.05) is 13.8 Å². The van der Waals surface area contributed by atoms with Crippen molar-refractivity contribution in [2.75, 3.05) is 0 Å². The van der Waals surface area contributed by atoms with Crippen LogP contribution in [0.5, 0.6) is 0 Å². The van der Waals surface area contributed by atoms with Gasteiger partial charge in [-0.05, 0) is 6.92 Å². The van der Waals surface area contributed by atoms with Gasteiger partial charge in [0, 0.05) is 5.92 Å². The molecule has 0 bridgehead atoms. The van der Waals surface area contributed by atoms with Crippen molar-refractivity contribution in [3.63, 3.8) is 0 Å². The molecule has 58 valence electrons. The summed E-state index contributed by atoms with van der Waals surface area (Å²) in [6, 6.07) is 0. The van der Waals surface area contributed by atoms with E-state index in [4.69, 9.17) is 5.11 Å². The van der Waals surface area contributed by atoms with Crippen molar-refractivity contribution >= 4 is 11.8 Å². The first-order chi connectivity index (χ1) is 4.46. The smallest absolute Gasteiger partial charge is 0.306 e. The SMILES string of the molecule is CC(=O)[C@H](C)[C@H](C)C(=O)O. The zero-order valence-electron chi connectivity index (χ0n) is 6.42. The molecule has 0 aliphatic carbocycles. The molecule has 2 atom stereocenters. The number of rotatable bonds is 3. The number of aliphatic carboxylic acids is 1. The molecule has 0 aliphatic heterocycles. The van der Waals surface area contributed by atoms with Crippen molar-refractivity contribution in [2.24, 2.45) is 11.8 Å². The van der Waals surface area contributed by atoms with Gasteiger partial charge in [0.1, 0.15) is 5.78 Å². The van der Waals surface area contributed by atoms with Crippen LogP contribution in [0.25, 0.3) is 0 Å². The molecule has 0 spiro atoms. The maximum atomic E-state index is 10.6. The van der Waals surface area contributed by atoms with Gasteiger partial charge in [0.25, 0.3) is 0 Å². The molecule has 0 radical (unpaired) electrons. The first kappa shape index (κ1) is 9.14. The highest BCUT2D eigenvalue weighted by molar-refractivity contribution is 5.83. The lowest BCUT2D eigenvalue weighted by atomic mass is 9.93. The first-order valence-corrected chi connectivity index (χ1v) is 3.20. The van der Waals surface area contributed by atoms with Crippen molar-refractivity contribution < 1.29 is 14.7 Å². The van der Waals surface area contributed by atoms with Crippen molar-refractivity contribution in [2.45, 2.75) is 20.8 Å². The van der Waals surface area contributed by atoms with Gasteiger partial charge in [-0.3, -0.25) is 9.59 Å². The van der Waals surface area contributed by atoms with Crippen LogP contribution in [0.4, 0.5) is 0 Å².